The van der Waals surface area contributed by atoms with Gasteiger partial charge in [-0.2, -0.15) is 0 Å². The zero-order chi connectivity index (χ0) is 14.4. The molecule has 3 heterocycles. The van der Waals surface area contributed by atoms with Crippen LogP contribution in [0.15, 0.2) is 12.3 Å². The van der Waals surface area contributed by atoms with Gasteiger partial charge in [0, 0.05) is 20.0 Å². The summed E-state index contributed by atoms with van der Waals surface area (Å²) in [6.45, 7) is 1.98. The van der Waals surface area contributed by atoms with Crippen molar-refractivity contribution >= 4 is 0 Å². The van der Waals surface area contributed by atoms with Crippen LogP contribution in [0.3, 0.4) is 0 Å². The van der Waals surface area contributed by atoms with Crippen LogP contribution in [0.5, 0.6) is 0 Å². The van der Waals surface area contributed by atoms with E-state index in [4.69, 9.17) is 28.4 Å². The first kappa shape index (κ1) is 14.0. The topological polar surface area (TPSA) is 55.4 Å². The Morgan fingerprint density at radius 3 is 2.90 bits per heavy atom. The van der Waals surface area contributed by atoms with Crippen LogP contribution in [0.2, 0.25) is 0 Å². The maximum absolute atomic E-state index is 6.22. The molecule has 1 aliphatic carbocycles. The zero-order valence-electron chi connectivity index (χ0n) is 12.3. The lowest BCUT2D eigenvalue weighted by Gasteiger charge is -2.54. The molecule has 4 rings (SSSR count). The van der Waals surface area contributed by atoms with Gasteiger partial charge in [-0.1, -0.05) is 0 Å². The van der Waals surface area contributed by atoms with Gasteiger partial charge in [0.1, 0.15) is 12.4 Å². The van der Waals surface area contributed by atoms with Gasteiger partial charge >= 0.3 is 0 Å². The van der Waals surface area contributed by atoms with Crippen molar-refractivity contribution in [2.45, 2.75) is 43.4 Å². The average Bonchev–Trinajstić information content (AvgIpc) is 3.03. The Bertz CT molecular complexity index is 432. The molecule has 3 fully saturated rings. The third kappa shape index (κ3) is 1.77. The number of ether oxygens (including phenoxy) is 6. The second-order valence-electron chi connectivity index (χ2n) is 6.22. The summed E-state index contributed by atoms with van der Waals surface area (Å²) in [5.41, 5.74) is -0.808. The smallest absolute Gasteiger partial charge is 0.200 e. The summed E-state index contributed by atoms with van der Waals surface area (Å²) < 4.78 is 34.9. The van der Waals surface area contributed by atoms with Crippen LogP contribution in [0.25, 0.3) is 0 Å². The highest BCUT2D eigenvalue weighted by Gasteiger charge is 2.73. The van der Waals surface area contributed by atoms with Crippen molar-refractivity contribution in [3.8, 4) is 0 Å². The quantitative estimate of drug-likeness (QED) is 0.580. The molecule has 2 spiro atoms. The zero-order valence-corrected chi connectivity index (χ0v) is 12.3. The van der Waals surface area contributed by atoms with Crippen LogP contribution in [0.1, 0.15) is 25.7 Å². The van der Waals surface area contributed by atoms with Crippen molar-refractivity contribution in [1.82, 2.24) is 0 Å². The molecule has 0 radical (unpaired) electrons. The largest absolute Gasteiger partial charge is 0.473 e. The fourth-order valence-electron chi connectivity index (χ4n) is 4.51. The van der Waals surface area contributed by atoms with Crippen LogP contribution in [-0.4, -0.2) is 51.4 Å². The number of fused-ring (bicyclic) bond motifs is 2. The molecule has 21 heavy (non-hydrogen) atoms. The van der Waals surface area contributed by atoms with Gasteiger partial charge in [0.05, 0.1) is 31.5 Å². The standard InChI is InChI=1S/C15H22O6/c1-16-11-17-10-13-9-12-18-6-5-14(13,21-12)3-2-4-15(13)19-7-8-20-15/h5-6,12H,2-4,7-11H2,1H3/t12-,13-,14-/m1/s1. The molecule has 0 N–H and O–H groups in total. The van der Waals surface area contributed by atoms with E-state index < -0.39 is 11.4 Å². The first-order chi connectivity index (χ1) is 10.3. The molecule has 1 saturated carbocycles. The molecule has 6 nitrogen and oxygen atoms in total. The van der Waals surface area contributed by atoms with Crippen LogP contribution < -0.4 is 0 Å². The first-order valence-electron chi connectivity index (χ1n) is 7.62. The number of hydrogen-bond acceptors (Lipinski definition) is 6. The average molecular weight is 298 g/mol. The van der Waals surface area contributed by atoms with Gasteiger partial charge in [0.25, 0.3) is 0 Å². The molecule has 3 atom stereocenters. The van der Waals surface area contributed by atoms with E-state index in [0.717, 1.165) is 19.3 Å². The predicted molar refractivity (Wildman–Crippen MR) is 71.2 cm³/mol. The molecule has 0 aromatic carbocycles. The van der Waals surface area contributed by atoms with Crippen LogP contribution in [0, 0.1) is 5.41 Å². The third-order valence-electron chi connectivity index (χ3n) is 5.32. The molecule has 4 aliphatic rings. The summed E-state index contributed by atoms with van der Waals surface area (Å²) >= 11 is 0. The van der Waals surface area contributed by atoms with Gasteiger partial charge in [-0.25, -0.2) is 0 Å². The van der Waals surface area contributed by atoms with Gasteiger partial charge in [-0.3, -0.25) is 0 Å². The van der Waals surface area contributed by atoms with Gasteiger partial charge in [-0.15, -0.1) is 0 Å². The maximum Gasteiger partial charge on any atom is 0.200 e. The minimum absolute atomic E-state index is 0.246. The molecular formula is C15H22O6. The summed E-state index contributed by atoms with van der Waals surface area (Å²) in [5.74, 6) is -0.633. The normalized spacial score (nSPS) is 43.0. The predicted octanol–water partition coefficient (Wildman–Crippen LogP) is 1.55. The van der Waals surface area contributed by atoms with E-state index in [0.29, 0.717) is 26.2 Å². The van der Waals surface area contributed by atoms with E-state index in [1.165, 1.54) is 0 Å². The summed E-state index contributed by atoms with van der Waals surface area (Å²) in [7, 11) is 1.62. The summed E-state index contributed by atoms with van der Waals surface area (Å²) in [6.07, 6.45) is 7.07. The first-order valence-corrected chi connectivity index (χ1v) is 7.62. The van der Waals surface area contributed by atoms with E-state index in [1.54, 1.807) is 13.4 Å². The highest BCUT2D eigenvalue weighted by molar-refractivity contribution is 5.24. The number of rotatable bonds is 4. The second kappa shape index (κ2) is 4.93. The highest BCUT2D eigenvalue weighted by Crippen LogP contribution is 2.64. The summed E-state index contributed by atoms with van der Waals surface area (Å²) in [4.78, 5) is 0. The van der Waals surface area contributed by atoms with Gasteiger partial charge in [-0.05, 0) is 18.9 Å². The minimum atomic E-state index is -0.633. The van der Waals surface area contributed by atoms with E-state index in [1.807, 2.05) is 6.08 Å². The Hall–Kier alpha value is -0.660. The molecule has 0 amide bonds. The lowest BCUT2D eigenvalue weighted by atomic mass is 9.59. The number of methoxy groups -OCH3 is 1. The minimum Gasteiger partial charge on any atom is -0.473 e. The SMILES string of the molecule is COCOC[C@]12C[C@@H]3OC=C[C@@]1(CCCC21OCCO1)O3. The van der Waals surface area contributed by atoms with Crippen molar-refractivity contribution < 1.29 is 28.4 Å². The third-order valence-corrected chi connectivity index (χ3v) is 5.32. The van der Waals surface area contributed by atoms with Crippen LogP contribution in [-0.2, 0) is 28.4 Å². The molecule has 0 aromatic heterocycles. The Kier molecular flexibility index (Phi) is 3.28. The second-order valence-corrected chi connectivity index (χ2v) is 6.22. The molecule has 118 valence electrons. The van der Waals surface area contributed by atoms with E-state index in [2.05, 4.69) is 0 Å². The van der Waals surface area contributed by atoms with Crippen molar-refractivity contribution in [2.24, 2.45) is 5.41 Å². The van der Waals surface area contributed by atoms with E-state index in [-0.39, 0.29) is 18.5 Å². The molecule has 3 aliphatic heterocycles. The molecule has 0 unspecified atom stereocenters. The maximum atomic E-state index is 6.22. The highest BCUT2D eigenvalue weighted by atomic mass is 16.8. The summed E-state index contributed by atoms with van der Waals surface area (Å²) in [5, 5.41) is 0. The Morgan fingerprint density at radius 1 is 1.24 bits per heavy atom. The molecule has 0 aromatic rings. The van der Waals surface area contributed by atoms with Crippen molar-refractivity contribution in [2.75, 3.05) is 33.7 Å². The fraction of sp³-hybridized carbons (Fsp3) is 0.867. The Balaban J connectivity index is 1.74. The Morgan fingerprint density at radius 2 is 2.10 bits per heavy atom. The summed E-state index contributed by atoms with van der Waals surface area (Å²) in [6, 6.07) is 0. The monoisotopic (exact) mass is 298 g/mol. The van der Waals surface area contributed by atoms with Crippen molar-refractivity contribution in [1.29, 1.82) is 0 Å². The molecule has 2 saturated heterocycles. The van der Waals surface area contributed by atoms with E-state index >= 15 is 0 Å². The molecule has 6 heteroatoms. The van der Waals surface area contributed by atoms with Crippen LogP contribution >= 0.6 is 0 Å². The number of hydrogen-bond donors (Lipinski definition) is 0. The Labute approximate surface area is 124 Å². The lowest BCUT2D eigenvalue weighted by molar-refractivity contribution is -0.305. The molecule has 2 bridgehead atoms. The van der Waals surface area contributed by atoms with E-state index in [9.17, 15) is 0 Å². The fourth-order valence-corrected chi connectivity index (χ4v) is 4.51. The molecular weight excluding hydrogens is 276 g/mol. The van der Waals surface area contributed by atoms with Gasteiger partial charge < -0.3 is 28.4 Å². The van der Waals surface area contributed by atoms with Gasteiger partial charge in [0.15, 0.2) is 5.79 Å². The van der Waals surface area contributed by atoms with Crippen LogP contribution in [0.4, 0.5) is 0 Å². The van der Waals surface area contributed by atoms with Crippen molar-refractivity contribution in [3.63, 3.8) is 0 Å². The van der Waals surface area contributed by atoms with Crippen molar-refractivity contribution in [3.05, 3.63) is 12.3 Å². The lowest BCUT2D eigenvalue weighted by Crippen LogP contribution is -2.64. The van der Waals surface area contributed by atoms with Gasteiger partial charge in [0.2, 0.25) is 6.29 Å².